The zero-order valence-corrected chi connectivity index (χ0v) is 14.7. The molecule has 20 heavy (non-hydrogen) atoms. The van der Waals surface area contributed by atoms with Gasteiger partial charge in [-0.2, -0.15) is 12.0 Å². The van der Waals surface area contributed by atoms with E-state index in [2.05, 4.69) is 16.4 Å². The van der Waals surface area contributed by atoms with Gasteiger partial charge in [-0.05, 0) is 0 Å². The number of rotatable bonds is 5. The molecule has 0 saturated carbocycles. The van der Waals surface area contributed by atoms with Gasteiger partial charge in [0.25, 0.3) is 0 Å². The van der Waals surface area contributed by atoms with Crippen LogP contribution in [0.15, 0.2) is 18.2 Å². The molecule has 4 nitrogen and oxygen atoms in total. The van der Waals surface area contributed by atoms with Crippen LogP contribution in [0.25, 0.3) is 5.57 Å². The fourth-order valence-electron chi connectivity index (χ4n) is 1.65. The van der Waals surface area contributed by atoms with Crippen LogP contribution in [-0.4, -0.2) is 26.2 Å². The summed E-state index contributed by atoms with van der Waals surface area (Å²) in [4.78, 5) is 23.3. The summed E-state index contributed by atoms with van der Waals surface area (Å²) < 4.78 is 9.28. The molecule has 0 N–H and O–H groups in total. The summed E-state index contributed by atoms with van der Waals surface area (Å²) in [6.07, 6.45) is 1.26. The summed E-state index contributed by atoms with van der Waals surface area (Å²) in [7, 11) is 2.50. The van der Waals surface area contributed by atoms with E-state index in [-0.39, 0.29) is 30.6 Å². The first-order valence-electron chi connectivity index (χ1n) is 5.76. The molecule has 0 aliphatic heterocycles. The number of hydrogen-bond acceptors (Lipinski definition) is 4. The van der Waals surface area contributed by atoms with E-state index in [1.807, 2.05) is 0 Å². The van der Waals surface area contributed by atoms with E-state index in [1.54, 1.807) is 6.07 Å². The third kappa shape index (κ3) is 4.27. The quantitative estimate of drug-likeness (QED) is 0.474. The van der Waals surface area contributed by atoms with Gasteiger partial charge in [0.05, 0.1) is 25.3 Å². The van der Waals surface area contributed by atoms with Crippen LogP contribution in [0.4, 0.5) is 0 Å². The summed E-state index contributed by atoms with van der Waals surface area (Å²) >= 11 is 0. The number of allylic oxidation sites excluding steroid dienone is 1. The Kier molecular flexibility index (Phi) is 8.01. The largest absolute Gasteiger partial charge is 2.00 e. The summed E-state index contributed by atoms with van der Waals surface area (Å²) in [5.74, 6) is -1.20. The molecule has 0 unspecified atom stereocenters. The van der Waals surface area contributed by atoms with Crippen molar-refractivity contribution in [1.82, 2.24) is 0 Å². The van der Waals surface area contributed by atoms with Crippen LogP contribution in [0, 0.1) is 13.5 Å². The van der Waals surface area contributed by atoms with Crippen LogP contribution < -0.4 is 0 Å². The van der Waals surface area contributed by atoms with Gasteiger partial charge < -0.3 is 16.4 Å². The van der Waals surface area contributed by atoms with Crippen LogP contribution in [-0.2, 0) is 29.0 Å². The number of carbonyl (C=O) groups is 2. The SMILES string of the molecule is [CH-]=C(CC[CH2-])c1ccc(C(=O)OC)c(C(=O)OC)c1.[Zn+2]. The van der Waals surface area contributed by atoms with E-state index >= 15 is 0 Å². The Morgan fingerprint density at radius 1 is 1.15 bits per heavy atom. The Morgan fingerprint density at radius 2 is 1.70 bits per heavy atom. The number of ether oxygens (including phenoxy) is 2. The van der Waals surface area contributed by atoms with E-state index in [9.17, 15) is 9.59 Å². The summed E-state index contributed by atoms with van der Waals surface area (Å²) in [5.41, 5.74) is 1.58. The maximum Gasteiger partial charge on any atom is 2.00 e. The van der Waals surface area contributed by atoms with Crippen molar-refractivity contribution >= 4 is 17.5 Å². The van der Waals surface area contributed by atoms with Crippen molar-refractivity contribution in [3.63, 3.8) is 0 Å². The predicted molar refractivity (Wildman–Crippen MR) is 71.4 cm³/mol. The van der Waals surface area contributed by atoms with Crippen LogP contribution in [0.5, 0.6) is 0 Å². The van der Waals surface area contributed by atoms with Gasteiger partial charge in [0.2, 0.25) is 0 Å². The Balaban J connectivity index is 0.00000361. The van der Waals surface area contributed by atoms with Crippen molar-refractivity contribution in [1.29, 1.82) is 0 Å². The number of hydrogen-bond donors (Lipinski definition) is 0. The maximum absolute atomic E-state index is 11.7. The minimum Gasteiger partial charge on any atom is -0.465 e. The van der Waals surface area contributed by atoms with Gasteiger partial charge in [-0.15, -0.1) is 12.1 Å². The molecular formula is C15H16O4Zn. The second-order valence-corrected chi connectivity index (χ2v) is 3.87. The molecule has 0 aliphatic carbocycles. The second kappa shape index (κ2) is 8.65. The minimum absolute atomic E-state index is 0. The maximum atomic E-state index is 11.7. The van der Waals surface area contributed by atoms with Crippen molar-refractivity contribution in [3.8, 4) is 0 Å². The average molecular weight is 326 g/mol. The summed E-state index contributed by atoms with van der Waals surface area (Å²) in [6, 6.07) is 4.70. The van der Waals surface area contributed by atoms with E-state index in [4.69, 9.17) is 6.58 Å². The summed E-state index contributed by atoms with van der Waals surface area (Å²) in [6.45, 7) is 9.60. The van der Waals surface area contributed by atoms with Gasteiger partial charge in [0, 0.05) is 0 Å². The monoisotopic (exact) mass is 324 g/mol. The summed E-state index contributed by atoms with van der Waals surface area (Å²) in [5, 5.41) is 0. The smallest absolute Gasteiger partial charge is 0.465 e. The molecule has 0 heterocycles. The van der Waals surface area contributed by atoms with Crippen molar-refractivity contribution in [2.45, 2.75) is 12.8 Å². The van der Waals surface area contributed by atoms with E-state index in [0.29, 0.717) is 24.0 Å². The Morgan fingerprint density at radius 3 is 2.20 bits per heavy atom. The van der Waals surface area contributed by atoms with E-state index in [0.717, 1.165) is 0 Å². The fraction of sp³-hybridized carbons (Fsp3) is 0.267. The fourth-order valence-corrected chi connectivity index (χ4v) is 1.65. The zero-order valence-electron chi connectivity index (χ0n) is 11.8. The molecule has 102 valence electrons. The molecule has 1 rings (SSSR count). The van der Waals surface area contributed by atoms with Crippen LogP contribution in [0.3, 0.4) is 0 Å². The molecule has 0 bridgehead atoms. The first-order chi connectivity index (χ1) is 9.04. The van der Waals surface area contributed by atoms with Gasteiger partial charge in [0.15, 0.2) is 0 Å². The Labute approximate surface area is 131 Å². The predicted octanol–water partition coefficient (Wildman–Crippen LogP) is 2.69. The van der Waals surface area contributed by atoms with Gasteiger partial charge in [-0.1, -0.05) is 12.5 Å². The van der Waals surface area contributed by atoms with Gasteiger partial charge in [-0.25, -0.2) is 15.2 Å². The van der Waals surface area contributed by atoms with Crippen molar-refractivity contribution < 1.29 is 38.5 Å². The molecule has 0 spiro atoms. The molecule has 0 aliphatic rings. The number of carbonyl (C=O) groups excluding carboxylic acids is 2. The molecule has 0 aromatic heterocycles. The topological polar surface area (TPSA) is 52.6 Å². The molecular weight excluding hydrogens is 310 g/mol. The Bertz CT molecular complexity index is 509. The van der Waals surface area contributed by atoms with Crippen molar-refractivity contribution in [3.05, 3.63) is 48.4 Å². The first kappa shape index (κ1) is 18.5. The van der Waals surface area contributed by atoms with E-state index in [1.165, 1.54) is 26.4 Å². The second-order valence-electron chi connectivity index (χ2n) is 3.87. The van der Waals surface area contributed by atoms with Crippen LogP contribution in [0.1, 0.15) is 39.1 Å². The molecule has 0 atom stereocenters. The van der Waals surface area contributed by atoms with Gasteiger partial charge in [-0.3, -0.25) is 6.58 Å². The third-order valence-electron chi connectivity index (χ3n) is 2.65. The molecule has 0 amide bonds. The molecule has 1 aromatic carbocycles. The number of methoxy groups -OCH3 is 2. The van der Waals surface area contributed by atoms with Crippen LogP contribution >= 0.6 is 0 Å². The molecule has 5 heteroatoms. The Hall–Kier alpha value is -1.48. The van der Waals surface area contributed by atoms with Gasteiger partial charge >= 0.3 is 31.4 Å². The molecule has 0 fully saturated rings. The number of benzene rings is 1. The van der Waals surface area contributed by atoms with Crippen molar-refractivity contribution in [2.75, 3.05) is 14.2 Å². The third-order valence-corrected chi connectivity index (χ3v) is 2.65. The van der Waals surface area contributed by atoms with Crippen LogP contribution in [0.2, 0.25) is 0 Å². The number of esters is 2. The first-order valence-corrected chi connectivity index (χ1v) is 5.76. The zero-order chi connectivity index (χ0) is 14.4. The minimum atomic E-state index is -0.607. The average Bonchev–Trinajstić information content (AvgIpc) is 2.45. The standard InChI is InChI=1S/C15H16O4.Zn/c1-5-6-10(2)11-7-8-12(14(16)18-3)13(9-11)15(17)19-4;/h2,7-9H,1,5-6H2,3-4H3;/q-2;+2. The molecule has 1 aromatic rings. The van der Waals surface area contributed by atoms with E-state index < -0.39 is 11.9 Å². The normalized spacial score (nSPS) is 9.35. The van der Waals surface area contributed by atoms with Gasteiger partial charge in [0.1, 0.15) is 0 Å². The molecule has 0 radical (unpaired) electrons. The van der Waals surface area contributed by atoms with Crippen molar-refractivity contribution in [2.24, 2.45) is 0 Å². The molecule has 0 saturated heterocycles.